The monoisotopic (exact) mass is 640 g/mol. The van der Waals surface area contributed by atoms with Crippen LogP contribution in [0.1, 0.15) is 90.5 Å². The molecular formula is C39H44O8. The molecule has 0 spiro atoms. The summed E-state index contributed by atoms with van der Waals surface area (Å²) in [6.45, 7) is 9.83. The molecule has 0 heterocycles. The van der Waals surface area contributed by atoms with Crippen molar-refractivity contribution in [3.8, 4) is 23.0 Å². The van der Waals surface area contributed by atoms with Crippen LogP contribution in [0.25, 0.3) is 0 Å². The van der Waals surface area contributed by atoms with Gasteiger partial charge in [0.1, 0.15) is 23.0 Å². The van der Waals surface area contributed by atoms with Crippen molar-refractivity contribution in [2.24, 2.45) is 0 Å². The minimum atomic E-state index is -0.517. The van der Waals surface area contributed by atoms with Crippen molar-refractivity contribution >= 4 is 23.5 Å². The third-order valence-corrected chi connectivity index (χ3v) is 7.37. The zero-order valence-electron chi connectivity index (χ0n) is 27.2. The highest BCUT2D eigenvalue weighted by atomic mass is 16.5. The Morgan fingerprint density at radius 3 is 1.43 bits per heavy atom. The second-order valence-electron chi connectivity index (χ2n) is 11.1. The van der Waals surface area contributed by atoms with Crippen LogP contribution in [-0.4, -0.2) is 36.7 Å². The van der Waals surface area contributed by atoms with Crippen LogP contribution in [0.4, 0.5) is 0 Å². The lowest BCUT2D eigenvalue weighted by Crippen LogP contribution is -2.10. The number of aryl methyl sites for hydroxylation is 1. The van der Waals surface area contributed by atoms with Crippen molar-refractivity contribution in [1.29, 1.82) is 0 Å². The Kier molecular flexibility index (Phi) is 15.7. The van der Waals surface area contributed by atoms with Gasteiger partial charge in [-0.2, -0.15) is 0 Å². The van der Waals surface area contributed by atoms with Gasteiger partial charge in [0.2, 0.25) is 0 Å². The summed E-state index contributed by atoms with van der Waals surface area (Å²) in [6.07, 6.45) is 11.1. The number of carbonyl (C=O) groups is 4. The van der Waals surface area contributed by atoms with Gasteiger partial charge in [0, 0.05) is 12.8 Å². The smallest absolute Gasteiger partial charge is 0.343 e. The van der Waals surface area contributed by atoms with Gasteiger partial charge in [-0.1, -0.05) is 38.8 Å². The molecule has 0 N–H and O–H groups in total. The van der Waals surface area contributed by atoms with Crippen molar-refractivity contribution < 1.29 is 38.1 Å². The maximum absolute atomic E-state index is 12.7. The van der Waals surface area contributed by atoms with Crippen molar-refractivity contribution in [1.82, 2.24) is 0 Å². The second kappa shape index (κ2) is 20.2. The first-order valence-corrected chi connectivity index (χ1v) is 16.1. The van der Waals surface area contributed by atoms with Crippen molar-refractivity contribution in [3.63, 3.8) is 0 Å². The van der Waals surface area contributed by atoms with Gasteiger partial charge >= 0.3 is 11.9 Å². The summed E-state index contributed by atoms with van der Waals surface area (Å²) < 4.78 is 22.6. The fourth-order valence-corrected chi connectivity index (χ4v) is 4.59. The molecule has 0 saturated heterocycles. The topological polar surface area (TPSA) is 105 Å². The summed E-state index contributed by atoms with van der Waals surface area (Å²) in [5, 5.41) is 0. The zero-order chi connectivity index (χ0) is 33.9. The molecule has 0 aliphatic heterocycles. The molecule has 8 nitrogen and oxygen atoms in total. The lowest BCUT2D eigenvalue weighted by atomic mass is 10.1. The standard InChI is InChI=1S/C39H44O8/c1-4-32(40)14-10-6-8-12-26-44-34-20-16-30(17-21-34)38(42)46-36-24-25-37(29(3)28-36)47-39(43)31-18-22-35(23-19-31)45-27-13-9-7-11-15-33(41)5-2/h4-5,16-25,28H,1-2,6-15,26-27H2,3H3. The number of rotatable bonds is 22. The molecule has 8 heteroatoms. The van der Waals surface area contributed by atoms with Gasteiger partial charge in [-0.05, 0) is 117 Å². The van der Waals surface area contributed by atoms with Crippen LogP contribution in [0, 0.1) is 6.92 Å². The second-order valence-corrected chi connectivity index (χ2v) is 11.1. The van der Waals surface area contributed by atoms with Gasteiger partial charge < -0.3 is 18.9 Å². The SMILES string of the molecule is C=CC(=O)CCCCCCOc1ccc(C(=O)Oc2ccc(OC(=O)c3ccc(OCCCCCCC(=O)C=C)cc3)c(C)c2)cc1. The van der Waals surface area contributed by atoms with Gasteiger partial charge in [0.25, 0.3) is 0 Å². The van der Waals surface area contributed by atoms with Gasteiger partial charge in [-0.3, -0.25) is 9.59 Å². The Bertz CT molecular complexity index is 1490. The van der Waals surface area contributed by atoms with E-state index in [4.69, 9.17) is 18.9 Å². The first-order valence-electron chi connectivity index (χ1n) is 16.1. The van der Waals surface area contributed by atoms with Crippen LogP contribution in [0.3, 0.4) is 0 Å². The molecule has 47 heavy (non-hydrogen) atoms. The predicted molar refractivity (Wildman–Crippen MR) is 182 cm³/mol. The van der Waals surface area contributed by atoms with E-state index in [1.807, 2.05) is 0 Å². The van der Waals surface area contributed by atoms with Crippen LogP contribution >= 0.6 is 0 Å². The molecule has 0 amide bonds. The molecule has 0 aliphatic rings. The lowest BCUT2D eigenvalue weighted by molar-refractivity contribution is -0.115. The minimum absolute atomic E-state index is 0.0771. The molecule has 248 valence electrons. The zero-order valence-corrected chi connectivity index (χ0v) is 27.2. The number of unbranched alkanes of at least 4 members (excludes halogenated alkanes) is 6. The number of benzene rings is 3. The molecular weight excluding hydrogens is 596 g/mol. The van der Waals surface area contributed by atoms with Gasteiger partial charge in [0.05, 0.1) is 24.3 Å². The van der Waals surface area contributed by atoms with Crippen LogP contribution in [0.15, 0.2) is 92.0 Å². The molecule has 0 fully saturated rings. The normalized spacial score (nSPS) is 10.5. The fourth-order valence-electron chi connectivity index (χ4n) is 4.59. The number of allylic oxidation sites excluding steroid dienone is 2. The third kappa shape index (κ3) is 13.5. The Morgan fingerprint density at radius 2 is 0.979 bits per heavy atom. The minimum Gasteiger partial charge on any atom is -0.494 e. The van der Waals surface area contributed by atoms with Crippen molar-refractivity contribution in [3.05, 3.63) is 109 Å². The quantitative estimate of drug-likeness (QED) is 0.0465. The first kappa shape index (κ1) is 36.5. The molecule has 0 aromatic heterocycles. The number of esters is 2. The molecule has 3 aromatic rings. The Hall–Kier alpha value is -4.98. The highest BCUT2D eigenvalue weighted by Gasteiger charge is 2.14. The van der Waals surface area contributed by atoms with Crippen LogP contribution in [0.2, 0.25) is 0 Å². The number of hydrogen-bond acceptors (Lipinski definition) is 8. The first-order chi connectivity index (χ1) is 22.8. The van der Waals surface area contributed by atoms with E-state index in [0.717, 1.165) is 51.4 Å². The average molecular weight is 641 g/mol. The maximum atomic E-state index is 12.7. The Balaban J connectivity index is 1.38. The lowest BCUT2D eigenvalue weighted by Gasteiger charge is -2.11. The summed E-state index contributed by atoms with van der Waals surface area (Å²) in [7, 11) is 0. The summed E-state index contributed by atoms with van der Waals surface area (Å²) in [4.78, 5) is 47.9. The number of ether oxygens (including phenoxy) is 4. The van der Waals surface area contributed by atoms with Crippen LogP contribution < -0.4 is 18.9 Å². The summed E-state index contributed by atoms with van der Waals surface area (Å²) in [5.74, 6) is 1.13. The van der Waals surface area contributed by atoms with Gasteiger partial charge in [0.15, 0.2) is 11.6 Å². The highest BCUT2D eigenvalue weighted by molar-refractivity contribution is 5.92. The molecule has 0 aliphatic carbocycles. The third-order valence-electron chi connectivity index (χ3n) is 7.37. The summed E-state index contributed by atoms with van der Waals surface area (Å²) in [5.41, 5.74) is 1.39. The van der Waals surface area contributed by atoms with E-state index in [2.05, 4.69) is 13.2 Å². The molecule has 0 unspecified atom stereocenters. The van der Waals surface area contributed by atoms with Crippen LogP contribution in [0.5, 0.6) is 23.0 Å². The summed E-state index contributed by atoms with van der Waals surface area (Å²) >= 11 is 0. The highest BCUT2D eigenvalue weighted by Crippen LogP contribution is 2.26. The van der Waals surface area contributed by atoms with Gasteiger partial charge in [-0.15, -0.1) is 0 Å². The molecule has 0 radical (unpaired) electrons. The molecule has 0 atom stereocenters. The van der Waals surface area contributed by atoms with E-state index in [0.29, 0.717) is 65.7 Å². The van der Waals surface area contributed by atoms with E-state index >= 15 is 0 Å². The van der Waals surface area contributed by atoms with E-state index in [-0.39, 0.29) is 11.6 Å². The predicted octanol–water partition coefficient (Wildman–Crippen LogP) is 8.60. The van der Waals surface area contributed by atoms with E-state index in [1.54, 1.807) is 73.7 Å². The molecule has 3 rings (SSSR count). The largest absolute Gasteiger partial charge is 0.494 e. The van der Waals surface area contributed by atoms with E-state index < -0.39 is 11.9 Å². The fraction of sp³-hybridized carbons (Fsp3) is 0.333. The van der Waals surface area contributed by atoms with E-state index in [9.17, 15) is 19.2 Å². The van der Waals surface area contributed by atoms with Crippen molar-refractivity contribution in [2.45, 2.75) is 71.1 Å². The molecule has 3 aromatic carbocycles. The van der Waals surface area contributed by atoms with Crippen molar-refractivity contribution in [2.75, 3.05) is 13.2 Å². The number of ketones is 2. The molecule has 0 saturated carbocycles. The number of carbonyl (C=O) groups excluding carboxylic acids is 4. The maximum Gasteiger partial charge on any atom is 0.343 e. The van der Waals surface area contributed by atoms with Gasteiger partial charge in [-0.25, -0.2) is 9.59 Å². The van der Waals surface area contributed by atoms with Crippen LogP contribution in [-0.2, 0) is 9.59 Å². The Labute approximate surface area is 277 Å². The van der Waals surface area contributed by atoms with E-state index in [1.165, 1.54) is 12.2 Å². The molecule has 0 bridgehead atoms. The Morgan fingerprint density at radius 1 is 0.553 bits per heavy atom. The average Bonchev–Trinajstić information content (AvgIpc) is 3.08. The number of hydrogen-bond donors (Lipinski definition) is 0. The summed E-state index contributed by atoms with van der Waals surface area (Å²) in [6, 6.07) is 18.3.